The van der Waals surface area contributed by atoms with Crippen LogP contribution in [0.1, 0.15) is 18.4 Å². The highest BCUT2D eigenvalue weighted by atomic mass is 35.5. The number of rotatable bonds is 3. The van der Waals surface area contributed by atoms with Gasteiger partial charge in [-0.1, -0.05) is 17.7 Å². The maximum atomic E-state index is 13.0. The van der Waals surface area contributed by atoms with Crippen LogP contribution < -0.4 is 0 Å². The highest BCUT2D eigenvalue weighted by Crippen LogP contribution is 2.35. The third-order valence-electron chi connectivity index (χ3n) is 3.27. The monoisotopic (exact) mass is 276 g/mol. The molecule has 0 radical (unpaired) electrons. The Balaban J connectivity index is 2.17. The van der Waals surface area contributed by atoms with Gasteiger partial charge in [-0.15, -0.1) is 11.6 Å². The Labute approximate surface area is 111 Å². The van der Waals surface area contributed by atoms with Crippen LogP contribution in [0.5, 0.6) is 0 Å². The molecule has 1 heterocycles. The molecule has 1 aromatic carbocycles. The van der Waals surface area contributed by atoms with E-state index in [4.69, 9.17) is 27.9 Å². The fourth-order valence-electron chi connectivity index (χ4n) is 2.27. The van der Waals surface area contributed by atoms with Crippen molar-refractivity contribution < 1.29 is 9.13 Å². The average molecular weight is 277 g/mol. The van der Waals surface area contributed by atoms with E-state index in [1.165, 1.54) is 12.1 Å². The Morgan fingerprint density at radius 2 is 2.24 bits per heavy atom. The van der Waals surface area contributed by atoms with E-state index in [2.05, 4.69) is 0 Å². The zero-order valence-electron chi connectivity index (χ0n) is 9.52. The molecular formula is C13H15Cl2FO. The lowest BCUT2D eigenvalue weighted by atomic mass is 9.79. The highest BCUT2D eigenvalue weighted by molar-refractivity contribution is 6.31. The summed E-state index contributed by atoms with van der Waals surface area (Å²) in [6.07, 6.45) is 2.80. The molecule has 0 N–H and O–H groups in total. The second-order valence-corrected chi connectivity index (χ2v) is 5.38. The Kier molecular flexibility index (Phi) is 4.29. The van der Waals surface area contributed by atoms with Crippen LogP contribution in [0, 0.1) is 11.2 Å². The van der Waals surface area contributed by atoms with Crippen molar-refractivity contribution in [1.82, 2.24) is 0 Å². The van der Waals surface area contributed by atoms with Crippen molar-refractivity contribution in [2.75, 3.05) is 19.1 Å². The van der Waals surface area contributed by atoms with Crippen molar-refractivity contribution >= 4 is 23.2 Å². The number of alkyl halides is 1. The minimum Gasteiger partial charge on any atom is -0.381 e. The van der Waals surface area contributed by atoms with Gasteiger partial charge in [0.05, 0.1) is 6.61 Å². The summed E-state index contributed by atoms with van der Waals surface area (Å²) >= 11 is 12.1. The van der Waals surface area contributed by atoms with Gasteiger partial charge >= 0.3 is 0 Å². The van der Waals surface area contributed by atoms with Gasteiger partial charge in [-0.25, -0.2) is 4.39 Å². The molecule has 0 amide bonds. The first-order chi connectivity index (χ1) is 8.15. The number of benzene rings is 1. The Hall–Kier alpha value is -0.310. The van der Waals surface area contributed by atoms with Gasteiger partial charge in [-0.2, -0.15) is 0 Å². The predicted molar refractivity (Wildman–Crippen MR) is 68.3 cm³/mol. The highest BCUT2D eigenvalue weighted by Gasteiger charge is 2.32. The van der Waals surface area contributed by atoms with Gasteiger partial charge in [0.15, 0.2) is 0 Å². The van der Waals surface area contributed by atoms with Crippen LogP contribution in [-0.2, 0) is 11.2 Å². The maximum absolute atomic E-state index is 13.0. The minimum absolute atomic E-state index is 0.0543. The normalized spacial score (nSPS) is 24.9. The molecule has 4 heteroatoms. The largest absolute Gasteiger partial charge is 0.381 e. The van der Waals surface area contributed by atoms with E-state index in [0.29, 0.717) is 17.5 Å². The fraction of sp³-hybridized carbons (Fsp3) is 0.538. The third kappa shape index (κ3) is 3.12. The van der Waals surface area contributed by atoms with Crippen LogP contribution >= 0.6 is 23.2 Å². The summed E-state index contributed by atoms with van der Waals surface area (Å²) in [6, 6.07) is 4.52. The molecule has 1 atom stereocenters. The van der Waals surface area contributed by atoms with Crippen molar-refractivity contribution in [3.05, 3.63) is 34.6 Å². The summed E-state index contributed by atoms with van der Waals surface area (Å²) in [5.74, 6) is 0.235. The molecule has 0 aliphatic carbocycles. The molecule has 1 aliphatic rings. The lowest BCUT2D eigenvalue weighted by Gasteiger charge is -2.35. The molecule has 1 fully saturated rings. The van der Waals surface area contributed by atoms with E-state index >= 15 is 0 Å². The summed E-state index contributed by atoms with van der Waals surface area (Å²) in [5.41, 5.74) is 0.889. The van der Waals surface area contributed by atoms with E-state index in [0.717, 1.165) is 31.4 Å². The number of hydrogen-bond acceptors (Lipinski definition) is 1. The zero-order valence-corrected chi connectivity index (χ0v) is 11.0. The first-order valence-electron chi connectivity index (χ1n) is 5.73. The van der Waals surface area contributed by atoms with Crippen molar-refractivity contribution in [3.8, 4) is 0 Å². The van der Waals surface area contributed by atoms with Crippen LogP contribution in [-0.4, -0.2) is 19.1 Å². The molecule has 1 aliphatic heterocycles. The quantitative estimate of drug-likeness (QED) is 0.757. The smallest absolute Gasteiger partial charge is 0.124 e. The van der Waals surface area contributed by atoms with Crippen LogP contribution in [0.2, 0.25) is 5.02 Å². The van der Waals surface area contributed by atoms with Gasteiger partial charge in [0, 0.05) is 22.9 Å². The summed E-state index contributed by atoms with van der Waals surface area (Å²) in [6.45, 7) is 1.46. The van der Waals surface area contributed by atoms with E-state index in [1.807, 2.05) is 0 Å². The second-order valence-electron chi connectivity index (χ2n) is 4.70. The molecule has 94 valence electrons. The lowest BCUT2D eigenvalue weighted by molar-refractivity contribution is 0.00478. The molecule has 17 heavy (non-hydrogen) atoms. The first kappa shape index (κ1) is 13.1. The van der Waals surface area contributed by atoms with E-state index < -0.39 is 0 Å². The number of ether oxygens (including phenoxy) is 1. The molecule has 1 saturated heterocycles. The van der Waals surface area contributed by atoms with Gasteiger partial charge < -0.3 is 4.74 Å². The summed E-state index contributed by atoms with van der Waals surface area (Å²) < 4.78 is 18.5. The lowest BCUT2D eigenvalue weighted by Crippen LogP contribution is -2.35. The molecule has 0 spiro atoms. The Morgan fingerprint density at radius 1 is 1.41 bits per heavy atom. The minimum atomic E-state index is -0.307. The summed E-state index contributed by atoms with van der Waals surface area (Å²) in [7, 11) is 0. The van der Waals surface area contributed by atoms with Crippen LogP contribution in [0.4, 0.5) is 4.39 Å². The number of halogens is 3. The molecule has 0 aromatic heterocycles. The predicted octanol–water partition coefficient (Wildman–Crippen LogP) is 4.06. The van der Waals surface area contributed by atoms with Gasteiger partial charge in [0.1, 0.15) is 5.82 Å². The summed E-state index contributed by atoms with van der Waals surface area (Å²) in [5, 5.41) is 0.472. The van der Waals surface area contributed by atoms with Crippen molar-refractivity contribution in [2.24, 2.45) is 5.41 Å². The number of hydrogen-bond donors (Lipinski definition) is 0. The SMILES string of the molecule is Fc1ccc(CC2(CCl)CCCOC2)c(Cl)c1. The first-order valence-corrected chi connectivity index (χ1v) is 6.64. The molecule has 2 rings (SSSR count). The summed E-state index contributed by atoms with van der Waals surface area (Å²) in [4.78, 5) is 0. The van der Waals surface area contributed by atoms with Crippen molar-refractivity contribution in [1.29, 1.82) is 0 Å². The van der Waals surface area contributed by atoms with Gasteiger partial charge in [0.2, 0.25) is 0 Å². The third-order valence-corrected chi connectivity index (χ3v) is 4.19. The van der Waals surface area contributed by atoms with E-state index in [1.54, 1.807) is 6.07 Å². The van der Waals surface area contributed by atoms with Crippen LogP contribution in [0.3, 0.4) is 0 Å². The molecule has 0 saturated carbocycles. The van der Waals surface area contributed by atoms with E-state index in [-0.39, 0.29) is 11.2 Å². The Bertz CT molecular complexity index is 389. The van der Waals surface area contributed by atoms with Crippen molar-refractivity contribution in [2.45, 2.75) is 19.3 Å². The molecular weight excluding hydrogens is 262 g/mol. The average Bonchev–Trinajstić information content (AvgIpc) is 2.34. The topological polar surface area (TPSA) is 9.23 Å². The van der Waals surface area contributed by atoms with Crippen molar-refractivity contribution in [3.63, 3.8) is 0 Å². The zero-order chi connectivity index (χ0) is 12.3. The Morgan fingerprint density at radius 3 is 2.82 bits per heavy atom. The van der Waals surface area contributed by atoms with Crippen LogP contribution in [0.25, 0.3) is 0 Å². The molecule has 0 bridgehead atoms. The standard InChI is InChI=1S/C13H15Cl2FO/c14-8-13(4-1-5-17-9-13)7-10-2-3-11(16)6-12(10)15/h2-3,6H,1,4-5,7-9H2. The fourth-order valence-corrected chi connectivity index (χ4v) is 2.81. The maximum Gasteiger partial charge on any atom is 0.124 e. The second kappa shape index (κ2) is 5.55. The van der Waals surface area contributed by atoms with Gasteiger partial charge in [-0.3, -0.25) is 0 Å². The molecule has 1 nitrogen and oxygen atoms in total. The van der Waals surface area contributed by atoms with Gasteiger partial charge in [-0.05, 0) is 37.0 Å². The van der Waals surface area contributed by atoms with Gasteiger partial charge in [0.25, 0.3) is 0 Å². The van der Waals surface area contributed by atoms with Crippen LogP contribution in [0.15, 0.2) is 18.2 Å². The molecule has 1 unspecified atom stereocenters. The van der Waals surface area contributed by atoms with E-state index in [9.17, 15) is 4.39 Å². The molecule has 1 aromatic rings.